The van der Waals surface area contributed by atoms with E-state index >= 15 is 0 Å². The maximum absolute atomic E-state index is 14.0. The second-order valence-electron chi connectivity index (χ2n) is 9.76. The summed E-state index contributed by atoms with van der Waals surface area (Å²) in [7, 11) is 0. The lowest BCUT2D eigenvalue weighted by Crippen LogP contribution is -2.38. The van der Waals surface area contributed by atoms with Gasteiger partial charge in [-0.3, -0.25) is 4.90 Å². The van der Waals surface area contributed by atoms with Crippen molar-refractivity contribution in [2.24, 2.45) is 0 Å². The molecule has 2 fully saturated rings. The van der Waals surface area contributed by atoms with E-state index in [2.05, 4.69) is 38.4 Å². The van der Waals surface area contributed by atoms with Gasteiger partial charge in [0, 0.05) is 28.7 Å². The third-order valence-electron chi connectivity index (χ3n) is 7.15. The molecule has 0 bridgehead atoms. The number of nitrogens with zero attached hydrogens (tertiary/aromatic N) is 4. The Balaban J connectivity index is 1.27. The first-order valence-corrected chi connectivity index (χ1v) is 13.5. The zero-order valence-electron chi connectivity index (χ0n) is 20.8. The van der Waals surface area contributed by atoms with Crippen LogP contribution in [0.5, 0.6) is 5.88 Å². The monoisotopic (exact) mass is 542 g/mol. The van der Waals surface area contributed by atoms with Gasteiger partial charge in [-0.25, -0.2) is 14.4 Å². The lowest BCUT2D eigenvalue weighted by atomic mass is 10.1. The first kappa shape index (κ1) is 26.2. The fourth-order valence-corrected chi connectivity index (χ4v) is 5.85. The van der Waals surface area contributed by atoms with Crippen LogP contribution in [0.25, 0.3) is 11.3 Å². The second kappa shape index (κ2) is 11.5. The first-order chi connectivity index (χ1) is 17.9. The smallest absolute Gasteiger partial charge is 0.258 e. The van der Waals surface area contributed by atoms with Crippen LogP contribution in [0, 0.1) is 12.4 Å². The highest BCUT2D eigenvalue weighted by molar-refractivity contribution is 6.36. The highest BCUT2D eigenvalue weighted by atomic mass is 35.5. The van der Waals surface area contributed by atoms with Gasteiger partial charge in [0.1, 0.15) is 11.9 Å². The maximum atomic E-state index is 14.0. The Morgan fingerprint density at radius 1 is 1.11 bits per heavy atom. The molecule has 2 saturated heterocycles. The highest BCUT2D eigenvalue weighted by Gasteiger charge is 2.27. The summed E-state index contributed by atoms with van der Waals surface area (Å²) in [5.74, 6) is -0.307. The minimum atomic E-state index is -0.687. The summed E-state index contributed by atoms with van der Waals surface area (Å²) in [6.07, 6.45) is 6.06. The van der Waals surface area contributed by atoms with E-state index in [-0.39, 0.29) is 16.7 Å². The molecule has 3 aromatic rings. The lowest BCUT2D eigenvalue weighted by Gasteiger charge is -2.28. The number of anilines is 1. The summed E-state index contributed by atoms with van der Waals surface area (Å²) in [6, 6.07) is 11.5. The zero-order valence-corrected chi connectivity index (χ0v) is 22.4. The van der Waals surface area contributed by atoms with Gasteiger partial charge in [-0.2, -0.15) is 0 Å². The number of rotatable bonds is 8. The second-order valence-corrected chi connectivity index (χ2v) is 10.5. The first-order valence-electron chi connectivity index (χ1n) is 12.7. The van der Waals surface area contributed by atoms with Crippen molar-refractivity contribution in [1.29, 1.82) is 0 Å². The van der Waals surface area contributed by atoms with E-state index < -0.39 is 11.9 Å². The van der Waals surface area contributed by atoms with Crippen LogP contribution in [0.15, 0.2) is 42.6 Å². The third-order valence-corrected chi connectivity index (χ3v) is 7.87. The summed E-state index contributed by atoms with van der Waals surface area (Å²) in [5.41, 5.74) is 9.03. The molecule has 2 atom stereocenters. The SMILES string of the molecule is CC(Oc1nc(-c2ccc([CH]N3CCC[C@H]3CN3CCCC3)cc2)cnc1N)c1c(Cl)ccc(F)c1Cl. The largest absolute Gasteiger partial charge is 0.467 e. The van der Waals surface area contributed by atoms with Gasteiger partial charge in [0.15, 0.2) is 5.82 Å². The molecule has 3 heterocycles. The lowest BCUT2D eigenvalue weighted by molar-refractivity contribution is 0.218. The minimum absolute atomic E-state index is 0.0878. The van der Waals surface area contributed by atoms with Gasteiger partial charge in [-0.05, 0) is 69.9 Å². The third kappa shape index (κ3) is 6.01. The predicted molar refractivity (Wildman–Crippen MR) is 146 cm³/mol. The average molecular weight is 543 g/mol. The van der Waals surface area contributed by atoms with E-state index in [9.17, 15) is 4.39 Å². The summed E-state index contributed by atoms with van der Waals surface area (Å²) in [4.78, 5) is 13.9. The van der Waals surface area contributed by atoms with E-state index in [0.717, 1.165) is 24.2 Å². The van der Waals surface area contributed by atoms with Crippen molar-refractivity contribution in [3.8, 4) is 17.1 Å². The number of aromatic nitrogens is 2. The highest BCUT2D eigenvalue weighted by Crippen LogP contribution is 2.36. The Hall–Kier alpha value is -2.45. The molecule has 2 aliphatic heterocycles. The Labute approximate surface area is 227 Å². The van der Waals surface area contributed by atoms with Gasteiger partial charge in [0.2, 0.25) is 0 Å². The number of hydrogen-bond donors (Lipinski definition) is 1. The molecule has 5 rings (SSSR count). The fourth-order valence-electron chi connectivity index (χ4n) is 5.17. The van der Waals surface area contributed by atoms with Crippen molar-refractivity contribution in [1.82, 2.24) is 19.8 Å². The number of hydrogen-bond acceptors (Lipinski definition) is 6. The van der Waals surface area contributed by atoms with Gasteiger partial charge >= 0.3 is 0 Å². The molecule has 1 unspecified atom stereocenters. The van der Waals surface area contributed by atoms with Crippen molar-refractivity contribution in [2.45, 2.75) is 44.8 Å². The van der Waals surface area contributed by atoms with E-state index in [4.69, 9.17) is 33.7 Å². The van der Waals surface area contributed by atoms with Crippen molar-refractivity contribution in [2.75, 3.05) is 31.9 Å². The van der Waals surface area contributed by atoms with Crippen LogP contribution in [-0.4, -0.2) is 52.0 Å². The van der Waals surface area contributed by atoms with Gasteiger partial charge in [0.25, 0.3) is 5.88 Å². The topological polar surface area (TPSA) is 67.5 Å². The molecule has 2 aliphatic rings. The molecule has 6 nitrogen and oxygen atoms in total. The molecule has 1 aromatic heterocycles. The Bertz CT molecular complexity index is 1240. The molecule has 0 spiro atoms. The van der Waals surface area contributed by atoms with Crippen LogP contribution in [0.3, 0.4) is 0 Å². The Kier molecular flexibility index (Phi) is 8.15. The Morgan fingerprint density at radius 3 is 2.62 bits per heavy atom. The number of ether oxygens (including phenoxy) is 1. The normalized spacial score (nSPS) is 19.4. The number of benzene rings is 2. The standard InChI is InChI=1S/C28H31Cl2FN5O/c1-18(25-22(29)10-11-23(31)26(25)30)37-28-27(32)33-15-24(34-28)20-8-6-19(7-9-20)16-36-14-4-5-21(36)17-35-12-2-3-13-35/h6-11,15-16,18,21H,2-5,12-14,17H2,1H3,(H2,32,33)/t18?,21-/m0/s1. The van der Waals surface area contributed by atoms with Crippen LogP contribution in [0.4, 0.5) is 10.2 Å². The zero-order chi connectivity index (χ0) is 25.9. The number of likely N-dealkylation sites (tertiary alicyclic amines) is 2. The number of nitrogens with two attached hydrogens (primary N) is 1. The van der Waals surface area contributed by atoms with Gasteiger partial charge in [-0.15, -0.1) is 0 Å². The van der Waals surface area contributed by atoms with Crippen molar-refractivity contribution in [3.05, 3.63) is 76.1 Å². The van der Waals surface area contributed by atoms with Crippen LogP contribution in [0.2, 0.25) is 10.0 Å². The van der Waals surface area contributed by atoms with Crippen LogP contribution in [-0.2, 0) is 0 Å². The molecule has 195 valence electrons. The van der Waals surface area contributed by atoms with Gasteiger partial charge < -0.3 is 15.4 Å². The van der Waals surface area contributed by atoms with Crippen LogP contribution >= 0.6 is 23.2 Å². The predicted octanol–water partition coefficient (Wildman–Crippen LogP) is 6.38. The number of halogens is 3. The molecule has 0 saturated carbocycles. The van der Waals surface area contributed by atoms with Crippen molar-refractivity contribution < 1.29 is 9.13 Å². The fraction of sp³-hybridized carbons (Fsp3) is 0.393. The molecule has 0 amide bonds. The van der Waals surface area contributed by atoms with Crippen LogP contribution in [0.1, 0.15) is 49.8 Å². The summed E-state index contributed by atoms with van der Waals surface area (Å²) >= 11 is 12.4. The van der Waals surface area contributed by atoms with Crippen LogP contribution < -0.4 is 10.5 Å². The van der Waals surface area contributed by atoms with E-state index in [1.807, 2.05) is 12.1 Å². The molecule has 37 heavy (non-hydrogen) atoms. The molecule has 1 radical (unpaired) electrons. The minimum Gasteiger partial charge on any atom is -0.467 e. The van der Waals surface area contributed by atoms with E-state index in [1.54, 1.807) is 13.1 Å². The van der Waals surface area contributed by atoms with E-state index in [0.29, 0.717) is 22.3 Å². The summed E-state index contributed by atoms with van der Waals surface area (Å²) in [6.45, 7) is 8.70. The van der Waals surface area contributed by atoms with Gasteiger partial charge in [-0.1, -0.05) is 47.5 Å². The van der Waals surface area contributed by atoms with E-state index in [1.165, 1.54) is 50.9 Å². The quantitative estimate of drug-likeness (QED) is 0.333. The maximum Gasteiger partial charge on any atom is 0.258 e. The Morgan fingerprint density at radius 2 is 1.86 bits per heavy atom. The molecule has 9 heteroatoms. The summed E-state index contributed by atoms with van der Waals surface area (Å²) < 4.78 is 19.9. The molecule has 2 aromatic carbocycles. The van der Waals surface area contributed by atoms with Gasteiger partial charge in [0.05, 0.1) is 23.5 Å². The van der Waals surface area contributed by atoms with Crippen molar-refractivity contribution in [3.63, 3.8) is 0 Å². The molecular formula is C28H31Cl2FN5O. The number of nitrogen functional groups attached to an aromatic ring is 1. The molecule has 0 aliphatic carbocycles. The molecular weight excluding hydrogens is 512 g/mol. The van der Waals surface area contributed by atoms with Crippen molar-refractivity contribution >= 4 is 29.0 Å². The molecule has 2 N–H and O–H groups in total. The average Bonchev–Trinajstić information content (AvgIpc) is 3.56. The summed E-state index contributed by atoms with van der Waals surface area (Å²) in [5, 5.41) is 0.212.